The van der Waals surface area contributed by atoms with Gasteiger partial charge < -0.3 is 19.7 Å². The van der Waals surface area contributed by atoms with Crippen LogP contribution in [0.15, 0.2) is 59.9 Å². The van der Waals surface area contributed by atoms with Gasteiger partial charge >= 0.3 is 11.9 Å². The lowest BCUT2D eigenvalue weighted by Crippen LogP contribution is -2.24. The molecule has 0 aromatic heterocycles. The molecule has 0 aliphatic heterocycles. The zero-order valence-corrected chi connectivity index (χ0v) is 17.6. The second kappa shape index (κ2) is 11.2. The Morgan fingerprint density at radius 2 is 1.67 bits per heavy atom. The fourth-order valence-electron chi connectivity index (χ4n) is 3.40. The maximum absolute atomic E-state index is 12.3. The van der Waals surface area contributed by atoms with Crippen molar-refractivity contribution in [3.63, 3.8) is 0 Å². The van der Waals surface area contributed by atoms with E-state index in [4.69, 9.17) is 9.47 Å². The molecule has 0 spiro atoms. The normalized spacial score (nSPS) is 19.8. The first-order chi connectivity index (χ1) is 14.2. The minimum absolute atomic E-state index is 0.0280. The lowest BCUT2D eigenvalue weighted by molar-refractivity contribution is -0.140. The van der Waals surface area contributed by atoms with E-state index >= 15 is 0 Å². The molecule has 6 nitrogen and oxygen atoms in total. The van der Waals surface area contributed by atoms with Crippen LogP contribution >= 0.6 is 0 Å². The van der Waals surface area contributed by atoms with Crippen molar-refractivity contribution in [2.24, 2.45) is 11.8 Å². The van der Waals surface area contributed by atoms with Gasteiger partial charge in [-0.15, -0.1) is 0 Å². The predicted octanol–water partition coefficient (Wildman–Crippen LogP) is 4.86. The quantitative estimate of drug-likeness (QED) is 0.273. The van der Waals surface area contributed by atoms with Gasteiger partial charge in [0.05, 0.1) is 30.1 Å². The summed E-state index contributed by atoms with van der Waals surface area (Å²) in [7, 11) is 0. The van der Waals surface area contributed by atoms with Crippen molar-refractivity contribution in [3.05, 3.63) is 65.5 Å². The van der Waals surface area contributed by atoms with Gasteiger partial charge in [0.2, 0.25) is 0 Å². The number of carbonyl (C=O) groups is 2. The highest BCUT2D eigenvalue weighted by atomic mass is 16.5. The number of benzene rings is 1. The number of phenols is 1. The highest BCUT2D eigenvalue weighted by molar-refractivity contribution is 5.92. The summed E-state index contributed by atoms with van der Waals surface area (Å²) >= 11 is 0. The van der Waals surface area contributed by atoms with Gasteiger partial charge in [-0.1, -0.05) is 18.2 Å². The monoisotopic (exact) mass is 414 g/mol. The van der Waals surface area contributed by atoms with Crippen LogP contribution in [-0.4, -0.2) is 35.4 Å². The van der Waals surface area contributed by atoms with Gasteiger partial charge in [-0.2, -0.15) is 0 Å². The maximum Gasteiger partial charge on any atom is 0.338 e. The molecule has 1 aliphatic rings. The molecule has 2 N–H and O–H groups in total. The van der Waals surface area contributed by atoms with Gasteiger partial charge in [0, 0.05) is 0 Å². The zero-order chi connectivity index (χ0) is 22.1. The van der Waals surface area contributed by atoms with E-state index in [1.54, 1.807) is 25.1 Å². The van der Waals surface area contributed by atoms with Gasteiger partial charge in [0.15, 0.2) is 0 Å². The van der Waals surface area contributed by atoms with E-state index in [2.05, 4.69) is 6.58 Å². The molecule has 0 radical (unpaired) electrons. The van der Waals surface area contributed by atoms with Gasteiger partial charge in [0.1, 0.15) is 5.75 Å². The molecule has 0 unspecified atom stereocenters. The summed E-state index contributed by atoms with van der Waals surface area (Å²) in [5.41, 5.74) is 1.30. The van der Waals surface area contributed by atoms with E-state index < -0.39 is 11.9 Å². The van der Waals surface area contributed by atoms with E-state index in [0.717, 1.165) is 25.7 Å². The number of carbonyl (C=O) groups excluding carboxylic acids is 2. The summed E-state index contributed by atoms with van der Waals surface area (Å²) in [6, 6.07) is 6.10. The van der Waals surface area contributed by atoms with Crippen LogP contribution in [-0.2, 0) is 14.3 Å². The van der Waals surface area contributed by atoms with Crippen molar-refractivity contribution in [1.82, 2.24) is 0 Å². The third-order valence-corrected chi connectivity index (χ3v) is 4.95. The SMILES string of the molecule is C=C(C)/C=C(\C=C(/C)O)C(=O)OCC1CCC(COC(=O)c2cccc(O)c2)CC1. The first-order valence-corrected chi connectivity index (χ1v) is 10.1. The highest BCUT2D eigenvalue weighted by Crippen LogP contribution is 2.29. The lowest BCUT2D eigenvalue weighted by atomic mass is 9.83. The topological polar surface area (TPSA) is 93.1 Å². The summed E-state index contributed by atoms with van der Waals surface area (Å²) in [6.45, 7) is 7.67. The molecular formula is C24H30O6. The summed E-state index contributed by atoms with van der Waals surface area (Å²) in [5, 5.41) is 18.9. The molecule has 30 heavy (non-hydrogen) atoms. The summed E-state index contributed by atoms with van der Waals surface area (Å²) in [6.07, 6.45) is 6.50. The smallest absolute Gasteiger partial charge is 0.338 e. The Balaban J connectivity index is 1.75. The van der Waals surface area contributed by atoms with Crippen molar-refractivity contribution < 1.29 is 29.3 Å². The number of hydrogen-bond donors (Lipinski definition) is 2. The number of ether oxygens (including phenoxy) is 2. The molecule has 0 atom stereocenters. The van der Waals surface area contributed by atoms with E-state index in [0.29, 0.717) is 24.4 Å². The first-order valence-electron chi connectivity index (χ1n) is 10.1. The van der Waals surface area contributed by atoms with Crippen molar-refractivity contribution >= 4 is 11.9 Å². The van der Waals surface area contributed by atoms with Crippen molar-refractivity contribution in [1.29, 1.82) is 0 Å². The van der Waals surface area contributed by atoms with Crippen LogP contribution < -0.4 is 0 Å². The van der Waals surface area contributed by atoms with Gasteiger partial charge in [-0.25, -0.2) is 9.59 Å². The average molecular weight is 414 g/mol. The highest BCUT2D eigenvalue weighted by Gasteiger charge is 2.24. The predicted molar refractivity (Wildman–Crippen MR) is 114 cm³/mol. The molecule has 0 heterocycles. The van der Waals surface area contributed by atoms with Crippen LogP contribution in [0.3, 0.4) is 0 Å². The number of aliphatic hydroxyl groups excluding tert-OH is 1. The molecule has 0 saturated heterocycles. The summed E-state index contributed by atoms with van der Waals surface area (Å²) < 4.78 is 10.8. The Morgan fingerprint density at radius 1 is 1.07 bits per heavy atom. The number of hydrogen-bond acceptors (Lipinski definition) is 6. The van der Waals surface area contributed by atoms with Gasteiger partial charge in [0.25, 0.3) is 0 Å². The molecule has 1 aromatic carbocycles. The zero-order valence-electron chi connectivity index (χ0n) is 17.6. The fraction of sp³-hybridized carbons (Fsp3) is 0.417. The molecular weight excluding hydrogens is 384 g/mol. The van der Waals surface area contributed by atoms with E-state index in [9.17, 15) is 19.8 Å². The molecule has 1 aliphatic carbocycles. The van der Waals surface area contributed by atoms with Crippen molar-refractivity contribution in [3.8, 4) is 5.75 Å². The minimum Gasteiger partial charge on any atom is -0.513 e. The molecule has 1 aromatic rings. The van der Waals surface area contributed by atoms with Crippen LogP contribution in [0.2, 0.25) is 0 Å². The minimum atomic E-state index is -0.478. The van der Waals surface area contributed by atoms with Gasteiger partial charge in [-0.3, -0.25) is 0 Å². The lowest BCUT2D eigenvalue weighted by Gasteiger charge is -2.27. The van der Waals surface area contributed by atoms with Crippen LogP contribution in [0.4, 0.5) is 0 Å². The number of esters is 2. The molecule has 2 rings (SSSR count). The van der Waals surface area contributed by atoms with Crippen LogP contribution in [0.5, 0.6) is 5.75 Å². The summed E-state index contributed by atoms with van der Waals surface area (Å²) in [4.78, 5) is 24.4. The Bertz CT molecular complexity index is 824. The Morgan fingerprint density at radius 3 is 2.20 bits per heavy atom. The number of allylic oxidation sites excluding steroid dienone is 3. The van der Waals surface area contributed by atoms with Crippen LogP contribution in [0, 0.1) is 11.8 Å². The van der Waals surface area contributed by atoms with E-state index in [1.807, 2.05) is 0 Å². The van der Waals surface area contributed by atoms with Crippen molar-refractivity contribution in [2.45, 2.75) is 39.5 Å². The first kappa shape index (κ1) is 23.3. The Kier molecular flexibility index (Phi) is 8.71. The largest absolute Gasteiger partial charge is 0.513 e. The van der Waals surface area contributed by atoms with E-state index in [1.165, 1.54) is 25.1 Å². The molecule has 1 fully saturated rings. The molecule has 0 amide bonds. The van der Waals surface area contributed by atoms with E-state index in [-0.39, 0.29) is 28.9 Å². The number of rotatable bonds is 8. The molecule has 0 bridgehead atoms. The number of phenolic OH excluding ortho intramolecular Hbond substituents is 1. The molecule has 162 valence electrons. The standard InChI is InChI=1S/C24H30O6/c1-16(2)11-21(12-17(3)25)24(28)30-15-19-9-7-18(8-10-19)14-29-23(27)20-5-4-6-22(26)13-20/h4-6,11-13,18-19,25-26H,1,7-10,14-15H2,2-3H3/b17-12+,21-11+. The number of aromatic hydroxyl groups is 1. The average Bonchev–Trinajstić information content (AvgIpc) is 2.69. The Hall–Kier alpha value is -3.02. The number of aliphatic hydroxyl groups is 1. The molecule has 6 heteroatoms. The van der Waals surface area contributed by atoms with Crippen LogP contribution in [0.1, 0.15) is 49.9 Å². The second-order valence-electron chi connectivity index (χ2n) is 7.87. The third-order valence-electron chi connectivity index (χ3n) is 4.95. The second-order valence-corrected chi connectivity index (χ2v) is 7.87. The fourth-order valence-corrected chi connectivity index (χ4v) is 3.40. The Labute approximate surface area is 177 Å². The third kappa shape index (κ3) is 7.78. The molecule has 1 saturated carbocycles. The summed E-state index contributed by atoms with van der Waals surface area (Å²) in [5.74, 6) is -0.320. The maximum atomic E-state index is 12.3. The van der Waals surface area contributed by atoms with Crippen LogP contribution in [0.25, 0.3) is 0 Å². The van der Waals surface area contributed by atoms with Crippen molar-refractivity contribution in [2.75, 3.05) is 13.2 Å². The van der Waals surface area contributed by atoms with Gasteiger partial charge in [-0.05, 0) is 81.7 Å².